The lowest BCUT2D eigenvalue weighted by atomic mass is 10.0. The molecule has 1 atom stereocenters. The van der Waals surface area contributed by atoms with Crippen LogP contribution in [0.1, 0.15) is 18.4 Å². The maximum absolute atomic E-state index is 13.9. The lowest BCUT2D eigenvalue weighted by molar-refractivity contribution is -0.123. The SMILES string of the molecule is O=C(Cn1nc2ccccc2n1)NC1CCCN(Cc2ccccc2F)C1. The molecule has 1 N–H and O–H groups in total. The van der Waals surface area contributed by atoms with E-state index < -0.39 is 0 Å². The number of piperidine rings is 1. The number of hydrogen-bond acceptors (Lipinski definition) is 4. The standard InChI is InChI=1S/C20H22FN5O/c21-17-8-2-1-6-15(17)12-25-11-5-7-16(13-25)22-20(27)14-26-23-18-9-3-4-10-19(18)24-26/h1-4,6,8-10,16H,5,7,11-14H2,(H,22,27). The van der Waals surface area contributed by atoms with Gasteiger partial charge in [-0.2, -0.15) is 15.0 Å². The van der Waals surface area contributed by atoms with Crippen molar-refractivity contribution in [2.75, 3.05) is 13.1 Å². The number of carbonyl (C=O) groups excluding carboxylic acids is 1. The molecule has 6 nitrogen and oxygen atoms in total. The lowest BCUT2D eigenvalue weighted by Gasteiger charge is -2.33. The fraction of sp³-hybridized carbons (Fsp3) is 0.350. The summed E-state index contributed by atoms with van der Waals surface area (Å²) in [4.78, 5) is 16.0. The minimum absolute atomic E-state index is 0.0583. The van der Waals surface area contributed by atoms with Crippen LogP contribution in [-0.2, 0) is 17.9 Å². The number of nitrogens with one attached hydrogen (secondary N) is 1. The number of fused-ring (bicyclic) bond motifs is 1. The molecule has 0 saturated carbocycles. The molecular weight excluding hydrogens is 345 g/mol. The van der Waals surface area contributed by atoms with Gasteiger partial charge in [-0.15, -0.1) is 0 Å². The van der Waals surface area contributed by atoms with Crippen LogP contribution in [0.5, 0.6) is 0 Å². The van der Waals surface area contributed by atoms with Crippen molar-refractivity contribution in [3.63, 3.8) is 0 Å². The van der Waals surface area contributed by atoms with Crippen molar-refractivity contribution in [2.45, 2.75) is 32.0 Å². The molecule has 1 amide bonds. The topological polar surface area (TPSA) is 63.1 Å². The van der Waals surface area contributed by atoms with E-state index in [9.17, 15) is 9.18 Å². The Morgan fingerprint density at radius 1 is 1.11 bits per heavy atom. The molecule has 1 aliphatic rings. The molecule has 0 bridgehead atoms. The number of hydrogen-bond donors (Lipinski definition) is 1. The second kappa shape index (κ2) is 7.84. The average molecular weight is 367 g/mol. The molecule has 140 valence electrons. The van der Waals surface area contributed by atoms with E-state index in [2.05, 4.69) is 20.4 Å². The van der Waals surface area contributed by atoms with Crippen LogP contribution in [0.2, 0.25) is 0 Å². The fourth-order valence-electron chi connectivity index (χ4n) is 3.56. The largest absolute Gasteiger partial charge is 0.350 e. The Labute approximate surface area is 157 Å². The second-order valence-electron chi connectivity index (χ2n) is 6.95. The number of amides is 1. The van der Waals surface area contributed by atoms with Gasteiger partial charge in [-0.25, -0.2) is 4.39 Å². The van der Waals surface area contributed by atoms with Gasteiger partial charge >= 0.3 is 0 Å². The lowest BCUT2D eigenvalue weighted by Crippen LogP contribution is -2.48. The van der Waals surface area contributed by atoms with Crippen LogP contribution >= 0.6 is 0 Å². The van der Waals surface area contributed by atoms with Crippen molar-refractivity contribution < 1.29 is 9.18 Å². The van der Waals surface area contributed by atoms with Crippen LogP contribution in [0.25, 0.3) is 11.0 Å². The number of rotatable bonds is 5. The van der Waals surface area contributed by atoms with Crippen molar-refractivity contribution in [3.05, 3.63) is 59.9 Å². The van der Waals surface area contributed by atoms with E-state index in [1.54, 1.807) is 6.07 Å². The van der Waals surface area contributed by atoms with Crippen molar-refractivity contribution in [3.8, 4) is 0 Å². The zero-order valence-electron chi connectivity index (χ0n) is 15.0. The number of likely N-dealkylation sites (tertiary alicyclic amines) is 1. The maximum Gasteiger partial charge on any atom is 0.243 e. The number of nitrogens with zero attached hydrogens (tertiary/aromatic N) is 4. The van der Waals surface area contributed by atoms with E-state index in [1.807, 2.05) is 36.4 Å². The summed E-state index contributed by atoms with van der Waals surface area (Å²) in [5.74, 6) is -0.284. The smallest absolute Gasteiger partial charge is 0.243 e. The van der Waals surface area contributed by atoms with Crippen molar-refractivity contribution in [1.82, 2.24) is 25.2 Å². The van der Waals surface area contributed by atoms with Gasteiger partial charge in [0.1, 0.15) is 23.4 Å². The molecule has 0 spiro atoms. The quantitative estimate of drug-likeness (QED) is 0.752. The normalized spacial score (nSPS) is 17.9. The van der Waals surface area contributed by atoms with Crippen LogP contribution in [0.4, 0.5) is 4.39 Å². The summed E-state index contributed by atoms with van der Waals surface area (Å²) in [5.41, 5.74) is 2.25. The molecule has 1 aliphatic heterocycles. The molecule has 1 fully saturated rings. The van der Waals surface area contributed by atoms with Gasteiger partial charge in [-0.1, -0.05) is 30.3 Å². The van der Waals surface area contributed by atoms with Crippen molar-refractivity contribution in [1.29, 1.82) is 0 Å². The van der Waals surface area contributed by atoms with Gasteiger partial charge in [0.25, 0.3) is 0 Å². The van der Waals surface area contributed by atoms with Crippen LogP contribution in [-0.4, -0.2) is 44.9 Å². The molecule has 3 aromatic rings. The maximum atomic E-state index is 13.9. The third-order valence-electron chi connectivity index (χ3n) is 4.84. The number of benzene rings is 2. The molecule has 2 heterocycles. The van der Waals surface area contributed by atoms with E-state index in [0.29, 0.717) is 18.7 Å². The van der Waals surface area contributed by atoms with Gasteiger partial charge < -0.3 is 5.32 Å². The summed E-state index contributed by atoms with van der Waals surface area (Å²) in [6, 6.07) is 14.4. The number of aromatic nitrogens is 3. The molecule has 27 heavy (non-hydrogen) atoms. The van der Waals surface area contributed by atoms with Gasteiger partial charge in [0.15, 0.2) is 0 Å². The number of carbonyl (C=O) groups is 1. The first-order valence-corrected chi connectivity index (χ1v) is 9.22. The van der Waals surface area contributed by atoms with Crippen molar-refractivity contribution in [2.24, 2.45) is 0 Å². The first-order chi connectivity index (χ1) is 13.2. The average Bonchev–Trinajstić information content (AvgIpc) is 3.06. The van der Waals surface area contributed by atoms with Crippen LogP contribution in [0.15, 0.2) is 48.5 Å². The molecular formula is C20H22FN5O. The molecule has 7 heteroatoms. The molecule has 1 aromatic heterocycles. The van der Waals surface area contributed by atoms with Gasteiger partial charge in [0.2, 0.25) is 5.91 Å². The summed E-state index contributed by atoms with van der Waals surface area (Å²) >= 11 is 0. The molecule has 0 aliphatic carbocycles. The Morgan fingerprint density at radius 3 is 2.56 bits per heavy atom. The third-order valence-corrected chi connectivity index (χ3v) is 4.84. The van der Waals surface area contributed by atoms with E-state index in [-0.39, 0.29) is 24.3 Å². The summed E-state index contributed by atoms with van der Waals surface area (Å²) < 4.78 is 13.9. The van der Waals surface area contributed by atoms with Crippen molar-refractivity contribution >= 4 is 16.9 Å². The minimum atomic E-state index is -0.180. The Balaban J connectivity index is 1.33. The summed E-state index contributed by atoms with van der Waals surface area (Å²) in [6.45, 7) is 2.28. The Kier molecular flexibility index (Phi) is 5.11. The van der Waals surface area contributed by atoms with E-state index >= 15 is 0 Å². The highest BCUT2D eigenvalue weighted by Gasteiger charge is 2.22. The first-order valence-electron chi connectivity index (χ1n) is 9.22. The molecule has 0 radical (unpaired) electrons. The van der Waals surface area contributed by atoms with Gasteiger partial charge in [-0.3, -0.25) is 9.69 Å². The third kappa shape index (κ3) is 4.31. The van der Waals surface area contributed by atoms with Gasteiger partial charge in [0, 0.05) is 24.7 Å². The minimum Gasteiger partial charge on any atom is -0.350 e. The highest BCUT2D eigenvalue weighted by Crippen LogP contribution is 2.16. The van der Waals surface area contributed by atoms with Gasteiger partial charge in [-0.05, 0) is 37.6 Å². The highest BCUT2D eigenvalue weighted by atomic mass is 19.1. The van der Waals surface area contributed by atoms with E-state index in [1.165, 1.54) is 10.9 Å². The van der Waals surface area contributed by atoms with Crippen LogP contribution in [0, 0.1) is 5.82 Å². The van der Waals surface area contributed by atoms with Crippen LogP contribution < -0.4 is 5.32 Å². The van der Waals surface area contributed by atoms with Gasteiger partial charge in [0.05, 0.1) is 0 Å². The predicted octanol–water partition coefficient (Wildman–Crippen LogP) is 2.35. The first kappa shape index (κ1) is 17.6. The molecule has 1 unspecified atom stereocenters. The second-order valence-corrected chi connectivity index (χ2v) is 6.95. The molecule has 4 rings (SSSR count). The number of halogens is 1. The Hall–Kier alpha value is -2.80. The zero-order chi connectivity index (χ0) is 18.6. The summed E-state index contributed by atoms with van der Waals surface area (Å²) in [6.07, 6.45) is 1.90. The highest BCUT2D eigenvalue weighted by molar-refractivity contribution is 5.77. The van der Waals surface area contributed by atoms with Crippen LogP contribution in [0.3, 0.4) is 0 Å². The molecule has 1 saturated heterocycles. The Bertz CT molecular complexity index is 908. The fourth-order valence-corrected chi connectivity index (χ4v) is 3.56. The molecule has 2 aromatic carbocycles. The van der Waals surface area contributed by atoms with E-state index in [0.717, 1.165) is 30.4 Å². The zero-order valence-corrected chi connectivity index (χ0v) is 15.0. The summed E-state index contributed by atoms with van der Waals surface area (Å²) in [7, 11) is 0. The summed E-state index contributed by atoms with van der Waals surface area (Å²) in [5, 5.41) is 11.7. The van der Waals surface area contributed by atoms with E-state index in [4.69, 9.17) is 0 Å². The predicted molar refractivity (Wildman–Crippen MR) is 100 cm³/mol. The Morgan fingerprint density at radius 2 is 1.81 bits per heavy atom. The monoisotopic (exact) mass is 367 g/mol.